The maximum Gasteiger partial charge on any atom is 0.148 e. The summed E-state index contributed by atoms with van der Waals surface area (Å²) in [6.45, 7) is 2.23. The first kappa shape index (κ1) is 35.7. The van der Waals surface area contributed by atoms with Crippen LogP contribution in [0.15, 0.2) is 188 Å². The van der Waals surface area contributed by atoms with Crippen LogP contribution in [0.25, 0.3) is 72.7 Å². The van der Waals surface area contributed by atoms with Crippen molar-refractivity contribution in [3.05, 3.63) is 205 Å². The van der Waals surface area contributed by atoms with Gasteiger partial charge in [0.15, 0.2) is 0 Å². The van der Waals surface area contributed by atoms with Gasteiger partial charge in [-0.25, -0.2) is 4.98 Å². The third kappa shape index (κ3) is 7.05. The van der Waals surface area contributed by atoms with Gasteiger partial charge >= 0.3 is 0 Å². The van der Waals surface area contributed by atoms with Gasteiger partial charge in [0.25, 0.3) is 0 Å². The summed E-state index contributed by atoms with van der Waals surface area (Å²) in [6.07, 6.45) is 1.87. The van der Waals surface area contributed by atoms with Gasteiger partial charge in [0.2, 0.25) is 0 Å². The molecule has 0 saturated carbocycles. The average Bonchev–Trinajstić information content (AvgIpc) is 3.64. The number of benzene rings is 7. The predicted molar refractivity (Wildman–Crippen MR) is 221 cm³/mol. The first-order chi connectivity index (χ1) is 26.6. The van der Waals surface area contributed by atoms with Crippen LogP contribution in [0, 0.1) is 6.07 Å². The van der Waals surface area contributed by atoms with E-state index >= 15 is 0 Å². The maximum atomic E-state index is 11.2. The second kappa shape index (κ2) is 15.6. The van der Waals surface area contributed by atoms with Crippen molar-refractivity contribution in [3.8, 4) is 67.5 Å². The van der Waals surface area contributed by atoms with Crippen LogP contribution in [0.4, 0.5) is 0 Å². The van der Waals surface area contributed by atoms with Gasteiger partial charge in [-0.3, -0.25) is 9.55 Å². The van der Waals surface area contributed by atoms with E-state index < -0.39 is 0 Å². The summed E-state index contributed by atoms with van der Waals surface area (Å²) in [7, 11) is 0. The third-order valence-corrected chi connectivity index (χ3v) is 10.2. The van der Waals surface area contributed by atoms with Gasteiger partial charge in [0, 0.05) is 44.6 Å². The Morgan fingerprint density at radius 1 is 0.545 bits per heavy atom. The second-order valence-corrected chi connectivity index (χ2v) is 13.5. The predicted octanol–water partition coefficient (Wildman–Crippen LogP) is 12.4. The standard InChI is InChI=1S/C50H36N3O.Pt/c1-34(35-14-5-2-6-15-35)36-24-26-43(27-25-36)53-47-22-13-21-44(49(47)52-50(53)45-20-11-12-23-48(45)54)41-30-40(38-18-9-4-10-19-38)31-42(32-41)46-33-39(28-29-51-46)37-16-7-3-8-17-37;/h2-31,33-34,54H,1H3;/q-1;. The molecule has 2 heterocycles. The van der Waals surface area contributed by atoms with Crippen LogP contribution in [-0.4, -0.2) is 19.6 Å². The molecule has 0 aliphatic rings. The number of nitrogens with zero attached hydrogens (tertiary/aromatic N) is 3. The van der Waals surface area contributed by atoms with Crippen LogP contribution in [0.2, 0.25) is 0 Å². The molecule has 4 nitrogen and oxygen atoms in total. The summed E-state index contributed by atoms with van der Waals surface area (Å²) < 4.78 is 2.15. The fourth-order valence-corrected chi connectivity index (χ4v) is 7.31. The second-order valence-electron chi connectivity index (χ2n) is 13.5. The number of imidazole rings is 1. The molecule has 9 aromatic rings. The number of phenolic OH excluding ortho intramolecular Hbond substituents is 1. The Labute approximate surface area is 335 Å². The number of phenols is 1. The minimum absolute atomic E-state index is 0. The van der Waals surface area contributed by atoms with Crippen molar-refractivity contribution in [1.29, 1.82) is 0 Å². The van der Waals surface area contributed by atoms with E-state index in [1.165, 1.54) is 11.1 Å². The largest absolute Gasteiger partial charge is 0.507 e. The van der Waals surface area contributed by atoms with Crippen molar-refractivity contribution < 1.29 is 26.2 Å². The normalized spacial score (nSPS) is 11.6. The Balaban J connectivity index is 0.00000427. The minimum atomic E-state index is 0. The monoisotopic (exact) mass is 889 g/mol. The molecule has 0 fully saturated rings. The van der Waals surface area contributed by atoms with Crippen LogP contribution in [0.3, 0.4) is 0 Å². The summed E-state index contributed by atoms with van der Waals surface area (Å²) in [5.74, 6) is 1.08. The van der Waals surface area contributed by atoms with Gasteiger partial charge in [-0.1, -0.05) is 157 Å². The van der Waals surface area contributed by atoms with E-state index in [4.69, 9.17) is 9.97 Å². The van der Waals surface area contributed by atoms with Gasteiger partial charge in [0.1, 0.15) is 11.6 Å². The Morgan fingerprint density at radius 2 is 1.15 bits per heavy atom. The van der Waals surface area contributed by atoms with Gasteiger partial charge < -0.3 is 5.11 Å². The van der Waals surface area contributed by atoms with Gasteiger partial charge in [-0.2, -0.15) is 0 Å². The smallest absolute Gasteiger partial charge is 0.148 e. The molecule has 7 aromatic carbocycles. The number of pyridine rings is 1. The molecule has 1 N–H and O–H groups in total. The van der Waals surface area contributed by atoms with E-state index in [0.29, 0.717) is 11.4 Å². The molecular weight excluding hydrogens is 854 g/mol. The number of hydrogen-bond donors (Lipinski definition) is 1. The van der Waals surface area contributed by atoms with Crippen LogP contribution in [0.1, 0.15) is 24.0 Å². The topological polar surface area (TPSA) is 50.9 Å². The fraction of sp³-hybridized carbons (Fsp3) is 0.0400. The number of aromatic hydroxyl groups is 1. The molecule has 5 heteroatoms. The van der Waals surface area contributed by atoms with Crippen LogP contribution in [0.5, 0.6) is 5.75 Å². The molecule has 1 atom stereocenters. The van der Waals surface area contributed by atoms with Crippen molar-refractivity contribution in [2.45, 2.75) is 12.8 Å². The fourth-order valence-electron chi connectivity index (χ4n) is 7.31. The summed E-state index contributed by atoms with van der Waals surface area (Å²) in [5.41, 5.74) is 13.8. The zero-order chi connectivity index (χ0) is 36.4. The summed E-state index contributed by atoms with van der Waals surface area (Å²) in [4.78, 5) is 10.2. The van der Waals surface area contributed by atoms with E-state index in [9.17, 15) is 5.11 Å². The van der Waals surface area contributed by atoms with Crippen LogP contribution in [-0.2, 0) is 21.1 Å². The average molecular weight is 890 g/mol. The Hall–Kier alpha value is -6.35. The molecule has 0 bridgehead atoms. The molecule has 0 saturated heterocycles. The number of para-hydroxylation sites is 2. The quantitative estimate of drug-likeness (QED) is 0.155. The molecule has 0 amide bonds. The third-order valence-electron chi connectivity index (χ3n) is 10.2. The zero-order valence-electron chi connectivity index (χ0n) is 30.1. The van der Waals surface area contributed by atoms with Gasteiger partial charge in [-0.15, -0.1) is 23.8 Å². The van der Waals surface area contributed by atoms with Crippen molar-refractivity contribution in [3.63, 3.8) is 0 Å². The number of rotatable bonds is 8. The Bertz CT molecular complexity index is 2730. The molecule has 2 aromatic heterocycles. The van der Waals surface area contributed by atoms with Crippen LogP contribution < -0.4 is 0 Å². The first-order valence-corrected chi connectivity index (χ1v) is 18.2. The van der Waals surface area contributed by atoms with Crippen molar-refractivity contribution >= 4 is 11.0 Å². The number of hydrogen-bond acceptors (Lipinski definition) is 3. The summed E-state index contributed by atoms with van der Waals surface area (Å²) in [6, 6.07) is 66.0. The van der Waals surface area contributed by atoms with Crippen molar-refractivity contribution in [2.24, 2.45) is 0 Å². The number of fused-ring (bicyclic) bond motifs is 1. The van der Waals surface area contributed by atoms with Gasteiger partial charge in [-0.05, 0) is 64.2 Å². The molecule has 268 valence electrons. The van der Waals surface area contributed by atoms with Gasteiger partial charge in [0.05, 0.1) is 16.6 Å². The number of aromatic nitrogens is 3. The molecule has 0 aliphatic carbocycles. The van der Waals surface area contributed by atoms with Crippen molar-refractivity contribution in [2.75, 3.05) is 0 Å². The first-order valence-electron chi connectivity index (χ1n) is 18.2. The molecule has 0 spiro atoms. The van der Waals surface area contributed by atoms with E-state index in [1.54, 1.807) is 6.07 Å². The molecule has 55 heavy (non-hydrogen) atoms. The summed E-state index contributed by atoms with van der Waals surface area (Å²) in [5, 5.41) is 11.2. The molecular formula is C50H36N3OPt-. The van der Waals surface area contributed by atoms with Crippen molar-refractivity contribution in [1.82, 2.24) is 14.5 Å². The van der Waals surface area contributed by atoms with E-state index in [1.807, 2.05) is 42.6 Å². The summed E-state index contributed by atoms with van der Waals surface area (Å²) >= 11 is 0. The van der Waals surface area contributed by atoms with E-state index in [0.717, 1.165) is 61.4 Å². The van der Waals surface area contributed by atoms with E-state index in [2.05, 4.69) is 157 Å². The zero-order valence-corrected chi connectivity index (χ0v) is 32.4. The molecule has 0 radical (unpaired) electrons. The molecule has 0 aliphatic heterocycles. The maximum absolute atomic E-state index is 11.2. The van der Waals surface area contributed by atoms with E-state index in [-0.39, 0.29) is 32.7 Å². The Kier molecular flexibility index (Phi) is 10.1. The van der Waals surface area contributed by atoms with Crippen LogP contribution >= 0.6 is 0 Å². The minimum Gasteiger partial charge on any atom is -0.507 e. The SMILES string of the molecule is CC(c1ccccc1)c1ccc(-n2c(-c3ccccc3O)nc3c(-c4[c-]c(-c5cc(-c6ccccc6)ccn5)cc(-c5ccccc5)c4)cccc32)cc1.[Pt]. The molecule has 1 unspecified atom stereocenters. The molecule has 9 rings (SSSR count). The Morgan fingerprint density at radius 3 is 1.85 bits per heavy atom.